The topological polar surface area (TPSA) is 208 Å². The molecule has 5 amide bonds. The molecule has 1 aliphatic heterocycles. The SMILES string of the molecule is C[C@H](NC(=O)CCC(=O)O)C(=O)N[C@@H](C)C(=O)N1CCC[C@H]1C(=O)N[C@@H](Cc1ccccc1)C(=O)N(c1ccccc1)[N+](=O)[O-]. The molecular formula is C30H36N6O9. The molecule has 2 aromatic carbocycles. The Morgan fingerprint density at radius 3 is 2.16 bits per heavy atom. The predicted octanol–water partition coefficient (Wildman–Crippen LogP) is 0.804. The number of nitrogens with zero attached hydrogens (tertiary/aromatic N) is 3. The number of anilines is 1. The number of hydrogen-bond acceptors (Lipinski definition) is 8. The highest BCUT2D eigenvalue weighted by Crippen LogP contribution is 2.21. The summed E-state index contributed by atoms with van der Waals surface area (Å²) in [7, 11) is 0. The van der Waals surface area contributed by atoms with Crippen LogP contribution in [-0.2, 0) is 35.2 Å². The molecule has 1 saturated heterocycles. The van der Waals surface area contributed by atoms with Gasteiger partial charge in [-0.05, 0) is 49.4 Å². The maximum absolute atomic E-state index is 13.6. The average Bonchev–Trinajstić information content (AvgIpc) is 3.50. The lowest BCUT2D eigenvalue weighted by Crippen LogP contribution is -2.58. The Morgan fingerprint density at radius 2 is 1.56 bits per heavy atom. The first-order chi connectivity index (χ1) is 21.4. The third-order valence-corrected chi connectivity index (χ3v) is 7.17. The van der Waals surface area contributed by atoms with Crippen LogP contribution in [0.2, 0.25) is 0 Å². The van der Waals surface area contributed by atoms with Crippen LogP contribution in [0.3, 0.4) is 0 Å². The minimum absolute atomic E-state index is 0.00866. The summed E-state index contributed by atoms with van der Waals surface area (Å²) >= 11 is 0. The van der Waals surface area contributed by atoms with Gasteiger partial charge in [-0.3, -0.25) is 28.8 Å². The summed E-state index contributed by atoms with van der Waals surface area (Å²) in [4.78, 5) is 88.9. The molecule has 1 heterocycles. The molecule has 1 aliphatic rings. The second-order valence-corrected chi connectivity index (χ2v) is 10.6. The van der Waals surface area contributed by atoms with Gasteiger partial charge in [0, 0.05) is 19.4 Å². The van der Waals surface area contributed by atoms with Crippen LogP contribution in [0, 0.1) is 10.1 Å². The maximum atomic E-state index is 13.6. The monoisotopic (exact) mass is 624 g/mol. The minimum atomic E-state index is -1.34. The van der Waals surface area contributed by atoms with Crippen LogP contribution in [0.25, 0.3) is 0 Å². The molecule has 0 spiro atoms. The van der Waals surface area contributed by atoms with Crippen molar-refractivity contribution < 1.29 is 38.9 Å². The van der Waals surface area contributed by atoms with E-state index in [9.17, 15) is 38.9 Å². The first kappa shape index (κ1) is 34.2. The first-order valence-electron chi connectivity index (χ1n) is 14.4. The van der Waals surface area contributed by atoms with E-state index in [1.807, 2.05) is 0 Å². The van der Waals surface area contributed by atoms with Gasteiger partial charge in [0.1, 0.15) is 29.9 Å². The standard InChI is InChI=1S/C30H36N6O9/c1-19(31-25(37)15-16-26(38)39)27(40)32-20(2)29(42)34-17-9-14-24(34)28(41)33-23(18-21-10-5-3-6-11-21)30(43)35(36(44)45)22-12-7-4-8-13-22/h3-8,10-13,19-20,23-24H,9,14-18H2,1-2H3,(H,31,37)(H,32,40)(H,33,41)(H,38,39)/t19-,20-,23-,24-/m0/s1. The van der Waals surface area contributed by atoms with E-state index >= 15 is 0 Å². The number of nitro groups is 1. The largest absolute Gasteiger partial charge is 0.481 e. The number of carboxylic acid groups (broad SMARTS) is 1. The molecule has 15 heteroatoms. The average molecular weight is 625 g/mol. The van der Waals surface area contributed by atoms with Crippen LogP contribution in [0.5, 0.6) is 0 Å². The van der Waals surface area contributed by atoms with Gasteiger partial charge in [-0.1, -0.05) is 48.5 Å². The summed E-state index contributed by atoms with van der Waals surface area (Å²) in [6.45, 7) is 2.99. The van der Waals surface area contributed by atoms with Gasteiger partial charge >= 0.3 is 11.9 Å². The van der Waals surface area contributed by atoms with Gasteiger partial charge in [0.25, 0.3) is 0 Å². The Hall–Kier alpha value is -5.34. The van der Waals surface area contributed by atoms with Gasteiger partial charge in [0.05, 0.1) is 6.42 Å². The van der Waals surface area contributed by atoms with E-state index in [-0.39, 0.29) is 31.5 Å². The third kappa shape index (κ3) is 9.58. The number of carbonyl (C=O) groups excluding carboxylic acids is 5. The lowest BCUT2D eigenvalue weighted by Gasteiger charge is -2.29. The highest BCUT2D eigenvalue weighted by atomic mass is 16.7. The van der Waals surface area contributed by atoms with Crippen molar-refractivity contribution in [3.63, 3.8) is 0 Å². The van der Waals surface area contributed by atoms with Gasteiger partial charge in [-0.15, -0.1) is 0 Å². The van der Waals surface area contributed by atoms with Gasteiger partial charge in [0.2, 0.25) is 23.6 Å². The number of carbonyl (C=O) groups is 6. The van der Waals surface area contributed by atoms with E-state index in [4.69, 9.17) is 5.11 Å². The van der Waals surface area contributed by atoms with Crippen molar-refractivity contribution in [2.75, 3.05) is 11.6 Å². The van der Waals surface area contributed by atoms with Crippen molar-refractivity contribution in [3.8, 4) is 0 Å². The number of carboxylic acids is 1. The predicted molar refractivity (Wildman–Crippen MR) is 160 cm³/mol. The number of likely N-dealkylation sites (tertiary alicyclic amines) is 1. The number of nitrogens with one attached hydrogen (secondary N) is 3. The number of rotatable bonds is 14. The van der Waals surface area contributed by atoms with Crippen LogP contribution < -0.4 is 21.0 Å². The molecule has 0 bridgehead atoms. The van der Waals surface area contributed by atoms with E-state index in [0.29, 0.717) is 17.0 Å². The van der Waals surface area contributed by atoms with Crippen LogP contribution in [0.4, 0.5) is 5.69 Å². The second kappa shape index (κ2) is 15.9. The summed E-state index contributed by atoms with van der Waals surface area (Å²) < 4.78 is 0. The maximum Gasteiger partial charge on any atom is 0.311 e. The molecule has 45 heavy (non-hydrogen) atoms. The zero-order valence-corrected chi connectivity index (χ0v) is 24.9. The Bertz CT molecular complexity index is 1410. The van der Waals surface area contributed by atoms with Crippen molar-refractivity contribution in [1.82, 2.24) is 20.9 Å². The zero-order valence-electron chi connectivity index (χ0n) is 24.9. The summed E-state index contributed by atoms with van der Waals surface area (Å²) in [5.74, 6) is -4.71. The van der Waals surface area contributed by atoms with E-state index < -0.39 is 71.1 Å². The van der Waals surface area contributed by atoms with E-state index in [1.165, 1.54) is 30.9 Å². The number of benzene rings is 2. The molecule has 0 radical (unpaired) electrons. The molecule has 15 nitrogen and oxygen atoms in total. The van der Waals surface area contributed by atoms with Crippen molar-refractivity contribution in [2.45, 2.75) is 70.1 Å². The number of amides is 5. The van der Waals surface area contributed by atoms with Gasteiger partial charge < -0.3 is 26.0 Å². The molecule has 0 aromatic heterocycles. The van der Waals surface area contributed by atoms with Gasteiger partial charge in [-0.2, -0.15) is 0 Å². The third-order valence-electron chi connectivity index (χ3n) is 7.17. The fourth-order valence-corrected chi connectivity index (χ4v) is 4.89. The van der Waals surface area contributed by atoms with Crippen LogP contribution >= 0.6 is 0 Å². The molecule has 0 saturated carbocycles. The summed E-state index contributed by atoms with van der Waals surface area (Å²) in [5, 5.41) is 27.7. The number of aliphatic carboxylic acids is 1. The number of hydrazine groups is 1. The molecule has 0 unspecified atom stereocenters. The van der Waals surface area contributed by atoms with Crippen molar-refractivity contribution in [2.24, 2.45) is 0 Å². The quantitative estimate of drug-likeness (QED) is 0.173. The highest BCUT2D eigenvalue weighted by molar-refractivity contribution is 5.99. The molecular weight excluding hydrogens is 588 g/mol. The molecule has 4 atom stereocenters. The Labute approximate surface area is 259 Å². The highest BCUT2D eigenvalue weighted by Gasteiger charge is 2.40. The second-order valence-electron chi connectivity index (χ2n) is 10.6. The van der Waals surface area contributed by atoms with Crippen LogP contribution in [-0.4, -0.2) is 81.3 Å². The fourth-order valence-electron chi connectivity index (χ4n) is 4.89. The van der Waals surface area contributed by atoms with Crippen molar-refractivity contribution >= 4 is 41.2 Å². The van der Waals surface area contributed by atoms with Gasteiger partial charge in [-0.25, -0.2) is 10.1 Å². The van der Waals surface area contributed by atoms with Crippen LogP contribution in [0.1, 0.15) is 45.1 Å². The Balaban J connectivity index is 1.72. The lowest BCUT2D eigenvalue weighted by atomic mass is 10.0. The van der Waals surface area contributed by atoms with E-state index in [2.05, 4.69) is 16.0 Å². The summed E-state index contributed by atoms with van der Waals surface area (Å²) in [6, 6.07) is 11.7. The Kier molecular flexibility index (Phi) is 12.1. The normalized spacial score (nSPS) is 16.0. The van der Waals surface area contributed by atoms with E-state index in [1.54, 1.807) is 48.5 Å². The van der Waals surface area contributed by atoms with Crippen molar-refractivity contribution in [1.29, 1.82) is 0 Å². The molecule has 240 valence electrons. The Morgan fingerprint density at radius 1 is 0.933 bits per heavy atom. The smallest absolute Gasteiger partial charge is 0.311 e. The molecule has 2 aromatic rings. The fraction of sp³-hybridized carbons (Fsp3) is 0.400. The summed E-state index contributed by atoms with van der Waals surface area (Å²) in [6.07, 6.45) is -0.0427. The molecule has 3 rings (SSSR count). The zero-order chi connectivity index (χ0) is 33.1. The van der Waals surface area contributed by atoms with E-state index in [0.717, 1.165) is 0 Å². The van der Waals surface area contributed by atoms with Gasteiger partial charge in [0.15, 0.2) is 5.03 Å². The lowest BCUT2D eigenvalue weighted by molar-refractivity contribution is -0.484. The summed E-state index contributed by atoms with van der Waals surface area (Å²) in [5.41, 5.74) is 0.654. The minimum Gasteiger partial charge on any atom is -0.481 e. The molecule has 1 fully saturated rings. The van der Waals surface area contributed by atoms with Crippen LogP contribution in [0.15, 0.2) is 60.7 Å². The first-order valence-corrected chi connectivity index (χ1v) is 14.4. The molecule has 4 N–H and O–H groups in total. The molecule has 0 aliphatic carbocycles. The van der Waals surface area contributed by atoms with Crippen molar-refractivity contribution in [3.05, 3.63) is 76.3 Å². The number of hydrogen-bond donors (Lipinski definition) is 4. The number of para-hydroxylation sites is 1.